The number of rotatable bonds is 4. The Labute approximate surface area is 77.1 Å². The molecule has 0 nitrogen and oxygen atoms in total. The van der Waals surface area contributed by atoms with Crippen molar-refractivity contribution in [1.29, 1.82) is 0 Å². The van der Waals surface area contributed by atoms with Gasteiger partial charge in [0.05, 0.1) is 0 Å². The first kappa shape index (κ1) is 9.83. The third kappa shape index (κ3) is 1.91. The van der Waals surface area contributed by atoms with E-state index in [1.807, 2.05) is 0 Å². The van der Waals surface area contributed by atoms with Crippen LogP contribution in [0, 0.1) is 17.8 Å². The highest BCUT2D eigenvalue weighted by molar-refractivity contribution is 5.41. The van der Waals surface area contributed by atoms with E-state index in [2.05, 4.69) is 34.6 Å². The lowest BCUT2D eigenvalue weighted by Crippen LogP contribution is -1.90. The number of hydrogen-bond acceptors (Lipinski definition) is 0. The molecule has 0 radical (unpaired) electrons. The van der Waals surface area contributed by atoms with Crippen LogP contribution in [0.5, 0.6) is 0 Å². The molecule has 0 heterocycles. The predicted molar refractivity (Wildman–Crippen MR) is 55.1 cm³/mol. The molecule has 0 aromatic heterocycles. The minimum atomic E-state index is 0.791. The van der Waals surface area contributed by atoms with Crippen molar-refractivity contribution in [2.75, 3.05) is 0 Å². The van der Waals surface area contributed by atoms with Crippen LogP contribution in [0.1, 0.15) is 47.5 Å². The van der Waals surface area contributed by atoms with Gasteiger partial charge in [0, 0.05) is 0 Å². The van der Waals surface area contributed by atoms with E-state index in [1.54, 1.807) is 11.1 Å². The first-order valence-corrected chi connectivity index (χ1v) is 5.30. The standard InChI is InChI=1S/C12H22/c1-6-9(4)7-11-10(5)12(11)8(2)3/h8-10H,6-7H2,1-5H3. The summed E-state index contributed by atoms with van der Waals surface area (Å²) in [4.78, 5) is 0. The summed E-state index contributed by atoms with van der Waals surface area (Å²) in [7, 11) is 0. The van der Waals surface area contributed by atoms with Crippen molar-refractivity contribution in [1.82, 2.24) is 0 Å². The Morgan fingerprint density at radius 1 is 1.25 bits per heavy atom. The summed E-state index contributed by atoms with van der Waals surface area (Å²) in [6, 6.07) is 0. The molecule has 0 aromatic carbocycles. The Hall–Kier alpha value is -0.260. The zero-order valence-corrected chi connectivity index (χ0v) is 9.15. The summed E-state index contributed by atoms with van der Waals surface area (Å²) in [5.74, 6) is 2.52. The van der Waals surface area contributed by atoms with E-state index in [0.29, 0.717) is 0 Å². The summed E-state index contributed by atoms with van der Waals surface area (Å²) in [6.07, 6.45) is 2.67. The Bertz CT molecular complexity index is 186. The fourth-order valence-corrected chi connectivity index (χ4v) is 2.11. The topological polar surface area (TPSA) is 0 Å². The minimum absolute atomic E-state index is 0.791. The lowest BCUT2D eigenvalue weighted by molar-refractivity contribution is 0.556. The van der Waals surface area contributed by atoms with E-state index in [4.69, 9.17) is 0 Å². The Kier molecular flexibility index (Phi) is 2.98. The van der Waals surface area contributed by atoms with Crippen molar-refractivity contribution < 1.29 is 0 Å². The van der Waals surface area contributed by atoms with Crippen molar-refractivity contribution in [3.8, 4) is 0 Å². The maximum Gasteiger partial charge on any atom is -0.00129 e. The molecule has 0 spiro atoms. The lowest BCUT2D eigenvalue weighted by Gasteiger charge is -2.03. The third-order valence-electron chi connectivity index (χ3n) is 3.16. The molecule has 0 saturated carbocycles. The van der Waals surface area contributed by atoms with Gasteiger partial charge in [0.15, 0.2) is 0 Å². The van der Waals surface area contributed by atoms with Gasteiger partial charge < -0.3 is 0 Å². The highest BCUT2D eigenvalue weighted by Gasteiger charge is 2.33. The van der Waals surface area contributed by atoms with Crippen LogP contribution in [0.2, 0.25) is 0 Å². The van der Waals surface area contributed by atoms with Gasteiger partial charge in [-0.1, -0.05) is 52.2 Å². The molecular weight excluding hydrogens is 144 g/mol. The van der Waals surface area contributed by atoms with Gasteiger partial charge in [-0.25, -0.2) is 0 Å². The van der Waals surface area contributed by atoms with Crippen LogP contribution in [-0.4, -0.2) is 0 Å². The van der Waals surface area contributed by atoms with Gasteiger partial charge in [-0.05, 0) is 24.2 Å². The van der Waals surface area contributed by atoms with Crippen molar-refractivity contribution in [2.45, 2.75) is 47.5 Å². The van der Waals surface area contributed by atoms with Crippen LogP contribution < -0.4 is 0 Å². The van der Waals surface area contributed by atoms with Crippen molar-refractivity contribution in [3.63, 3.8) is 0 Å². The Balaban J connectivity index is 2.44. The number of hydrogen-bond donors (Lipinski definition) is 0. The van der Waals surface area contributed by atoms with E-state index >= 15 is 0 Å². The molecule has 1 rings (SSSR count). The molecule has 2 unspecified atom stereocenters. The van der Waals surface area contributed by atoms with Gasteiger partial charge >= 0.3 is 0 Å². The molecule has 12 heavy (non-hydrogen) atoms. The summed E-state index contributed by atoms with van der Waals surface area (Å²) >= 11 is 0. The molecule has 0 amide bonds. The molecule has 0 saturated heterocycles. The average molecular weight is 166 g/mol. The molecule has 0 fully saturated rings. The molecule has 2 atom stereocenters. The second-order valence-corrected chi connectivity index (χ2v) is 4.57. The zero-order chi connectivity index (χ0) is 9.30. The second kappa shape index (κ2) is 3.64. The van der Waals surface area contributed by atoms with Crippen LogP contribution in [0.4, 0.5) is 0 Å². The fourth-order valence-electron chi connectivity index (χ4n) is 2.11. The maximum absolute atomic E-state index is 2.36. The molecule has 0 heteroatoms. The molecule has 0 aliphatic heterocycles. The number of allylic oxidation sites excluding steroid dienone is 2. The van der Waals surface area contributed by atoms with E-state index < -0.39 is 0 Å². The molecule has 0 N–H and O–H groups in total. The van der Waals surface area contributed by atoms with E-state index in [1.165, 1.54) is 12.8 Å². The molecular formula is C12H22. The molecule has 1 aliphatic carbocycles. The highest BCUT2D eigenvalue weighted by atomic mass is 14.4. The van der Waals surface area contributed by atoms with Crippen LogP contribution >= 0.6 is 0 Å². The van der Waals surface area contributed by atoms with E-state index in [9.17, 15) is 0 Å². The molecule has 70 valence electrons. The highest BCUT2D eigenvalue weighted by Crippen LogP contribution is 2.47. The van der Waals surface area contributed by atoms with Gasteiger partial charge in [0.1, 0.15) is 0 Å². The van der Waals surface area contributed by atoms with Gasteiger partial charge in [-0.15, -0.1) is 0 Å². The first-order valence-electron chi connectivity index (χ1n) is 5.30. The smallest absolute Gasteiger partial charge is 0.00129 e. The molecule has 0 aromatic rings. The van der Waals surface area contributed by atoms with E-state index in [-0.39, 0.29) is 0 Å². The Morgan fingerprint density at radius 2 is 1.83 bits per heavy atom. The van der Waals surface area contributed by atoms with Crippen LogP contribution in [0.15, 0.2) is 11.1 Å². The fraction of sp³-hybridized carbons (Fsp3) is 0.833. The van der Waals surface area contributed by atoms with Crippen molar-refractivity contribution in [3.05, 3.63) is 11.1 Å². The van der Waals surface area contributed by atoms with Gasteiger partial charge in [0.25, 0.3) is 0 Å². The molecule has 1 aliphatic rings. The van der Waals surface area contributed by atoms with Gasteiger partial charge in [-0.2, -0.15) is 0 Å². The largest absolute Gasteiger partial charge is 0.0651 e. The van der Waals surface area contributed by atoms with Crippen LogP contribution in [-0.2, 0) is 0 Å². The van der Waals surface area contributed by atoms with Gasteiger partial charge in [-0.3, -0.25) is 0 Å². The first-order chi connectivity index (χ1) is 5.57. The molecule has 0 bridgehead atoms. The summed E-state index contributed by atoms with van der Waals surface area (Å²) in [5, 5.41) is 0. The normalized spacial score (nSPS) is 25.0. The minimum Gasteiger partial charge on any atom is -0.0651 e. The predicted octanol–water partition coefficient (Wildman–Crippen LogP) is 4.02. The average Bonchev–Trinajstić information content (AvgIpc) is 2.61. The van der Waals surface area contributed by atoms with Crippen molar-refractivity contribution in [2.24, 2.45) is 17.8 Å². The second-order valence-electron chi connectivity index (χ2n) is 4.57. The summed E-state index contributed by atoms with van der Waals surface area (Å²) in [5.41, 5.74) is 3.51. The quantitative estimate of drug-likeness (QED) is 0.553. The van der Waals surface area contributed by atoms with Gasteiger partial charge in [0.2, 0.25) is 0 Å². The summed E-state index contributed by atoms with van der Waals surface area (Å²) in [6.45, 7) is 11.6. The lowest BCUT2D eigenvalue weighted by atomic mass is 10.0. The Morgan fingerprint density at radius 3 is 2.17 bits per heavy atom. The van der Waals surface area contributed by atoms with Crippen LogP contribution in [0.3, 0.4) is 0 Å². The van der Waals surface area contributed by atoms with Crippen molar-refractivity contribution >= 4 is 0 Å². The third-order valence-corrected chi connectivity index (χ3v) is 3.16. The maximum atomic E-state index is 2.36. The zero-order valence-electron chi connectivity index (χ0n) is 9.15. The summed E-state index contributed by atoms with van der Waals surface area (Å²) < 4.78 is 0. The SMILES string of the molecule is CCC(C)CC1=C(C(C)C)C1C. The monoisotopic (exact) mass is 166 g/mol. The van der Waals surface area contributed by atoms with E-state index in [0.717, 1.165) is 17.8 Å². The van der Waals surface area contributed by atoms with Crippen LogP contribution in [0.25, 0.3) is 0 Å².